The van der Waals surface area contributed by atoms with Gasteiger partial charge in [0.05, 0.1) is 25.7 Å². The van der Waals surface area contributed by atoms with Crippen molar-refractivity contribution in [3.8, 4) is 0 Å². The van der Waals surface area contributed by atoms with Gasteiger partial charge in [0.2, 0.25) is 5.91 Å². The lowest BCUT2D eigenvalue weighted by Gasteiger charge is -2.38. The van der Waals surface area contributed by atoms with E-state index in [1.54, 1.807) is 13.2 Å². The summed E-state index contributed by atoms with van der Waals surface area (Å²) in [5, 5.41) is 0. The number of hydrogen-bond acceptors (Lipinski definition) is 3. The van der Waals surface area contributed by atoms with Gasteiger partial charge in [-0.05, 0) is 54.9 Å². The predicted octanol–water partition coefficient (Wildman–Crippen LogP) is 2.72. The van der Waals surface area contributed by atoms with E-state index < -0.39 is 0 Å². The second-order valence-electron chi connectivity index (χ2n) is 7.22. The highest BCUT2D eigenvalue weighted by Crippen LogP contribution is 2.42. The highest BCUT2D eigenvalue weighted by Gasteiger charge is 2.42. The molecule has 4 nitrogen and oxygen atoms in total. The van der Waals surface area contributed by atoms with Gasteiger partial charge in [-0.25, -0.2) is 4.39 Å². The lowest BCUT2D eigenvalue weighted by atomic mass is 9.76. The molecule has 1 aromatic rings. The molecule has 0 saturated carbocycles. The lowest BCUT2D eigenvalue weighted by molar-refractivity contribution is -0.132. The average molecular weight is 335 g/mol. The van der Waals surface area contributed by atoms with E-state index in [-0.39, 0.29) is 23.2 Å². The van der Waals surface area contributed by atoms with Crippen molar-refractivity contribution in [3.05, 3.63) is 35.1 Å². The summed E-state index contributed by atoms with van der Waals surface area (Å²) in [6.45, 7) is 4.83. The number of ether oxygens (including phenoxy) is 2. The molecule has 0 bridgehead atoms. The van der Waals surface area contributed by atoms with E-state index in [4.69, 9.17) is 9.47 Å². The smallest absolute Gasteiger partial charge is 0.226 e. The van der Waals surface area contributed by atoms with Crippen molar-refractivity contribution >= 4 is 5.91 Å². The van der Waals surface area contributed by atoms with Crippen molar-refractivity contribution in [3.63, 3.8) is 0 Å². The minimum Gasteiger partial charge on any atom is -0.382 e. The van der Waals surface area contributed by atoms with Gasteiger partial charge in [0.15, 0.2) is 0 Å². The zero-order chi connectivity index (χ0) is 17.2. The molecule has 0 aliphatic carbocycles. The maximum atomic E-state index is 13.2. The molecular weight excluding hydrogens is 309 g/mol. The van der Waals surface area contributed by atoms with Crippen LogP contribution in [0.1, 0.15) is 30.4 Å². The lowest BCUT2D eigenvalue weighted by Crippen LogP contribution is -2.44. The standard InChI is InChI=1S/C19H26FNO3/c1-14-9-16(20)4-3-15(14)10-18(22)21-7-5-19(6-8-21)11-17(12-23-2)24-13-19/h3-4,9,17H,5-8,10-13H2,1-2H3. The van der Waals surface area contributed by atoms with E-state index in [2.05, 4.69) is 0 Å². The van der Waals surface area contributed by atoms with E-state index in [1.807, 2.05) is 11.8 Å². The fourth-order valence-electron chi connectivity index (χ4n) is 3.90. The van der Waals surface area contributed by atoms with Crippen LogP contribution in [0, 0.1) is 18.2 Å². The number of carbonyl (C=O) groups excluding carboxylic acids is 1. The fourth-order valence-corrected chi connectivity index (χ4v) is 3.90. The third-order valence-electron chi connectivity index (χ3n) is 5.46. The van der Waals surface area contributed by atoms with E-state index in [0.29, 0.717) is 13.0 Å². The largest absolute Gasteiger partial charge is 0.382 e. The molecule has 2 aliphatic rings. The number of nitrogens with zero attached hydrogens (tertiary/aromatic N) is 1. The first kappa shape index (κ1) is 17.4. The van der Waals surface area contributed by atoms with E-state index >= 15 is 0 Å². The Kier molecular flexibility index (Phi) is 5.21. The maximum absolute atomic E-state index is 13.2. The van der Waals surface area contributed by atoms with Crippen LogP contribution in [0.2, 0.25) is 0 Å². The molecule has 1 aromatic carbocycles. The van der Waals surface area contributed by atoms with Crippen LogP contribution < -0.4 is 0 Å². The highest BCUT2D eigenvalue weighted by atomic mass is 19.1. The van der Waals surface area contributed by atoms with Crippen molar-refractivity contribution in [1.29, 1.82) is 0 Å². The van der Waals surface area contributed by atoms with Gasteiger partial charge in [0, 0.05) is 20.2 Å². The number of amides is 1. The molecule has 1 amide bonds. The zero-order valence-corrected chi connectivity index (χ0v) is 14.5. The Labute approximate surface area is 142 Å². The van der Waals surface area contributed by atoms with Crippen LogP contribution in [0.4, 0.5) is 4.39 Å². The third-order valence-corrected chi connectivity index (χ3v) is 5.46. The topological polar surface area (TPSA) is 38.8 Å². The van der Waals surface area contributed by atoms with Crippen LogP contribution in [-0.2, 0) is 20.7 Å². The van der Waals surface area contributed by atoms with Crippen LogP contribution in [0.15, 0.2) is 18.2 Å². The highest BCUT2D eigenvalue weighted by molar-refractivity contribution is 5.79. The molecule has 2 fully saturated rings. The summed E-state index contributed by atoms with van der Waals surface area (Å²) < 4.78 is 24.2. The molecule has 5 heteroatoms. The van der Waals surface area contributed by atoms with Gasteiger partial charge in [-0.15, -0.1) is 0 Å². The number of piperidine rings is 1. The van der Waals surface area contributed by atoms with Gasteiger partial charge in [-0.3, -0.25) is 4.79 Å². The molecule has 0 radical (unpaired) electrons. The molecule has 0 N–H and O–H groups in total. The number of aryl methyl sites for hydroxylation is 1. The Balaban J connectivity index is 1.54. The Bertz CT molecular complexity index is 596. The van der Waals surface area contributed by atoms with Gasteiger partial charge in [-0.2, -0.15) is 0 Å². The molecule has 2 heterocycles. The molecule has 3 rings (SSSR count). The zero-order valence-electron chi connectivity index (χ0n) is 14.5. The van der Waals surface area contributed by atoms with Crippen molar-refractivity contribution in [1.82, 2.24) is 4.90 Å². The molecule has 1 unspecified atom stereocenters. The summed E-state index contributed by atoms with van der Waals surface area (Å²) in [4.78, 5) is 14.5. The van der Waals surface area contributed by atoms with Gasteiger partial charge in [0.1, 0.15) is 5.82 Å². The maximum Gasteiger partial charge on any atom is 0.226 e. The van der Waals surface area contributed by atoms with Crippen molar-refractivity contribution < 1.29 is 18.7 Å². The van der Waals surface area contributed by atoms with Gasteiger partial charge >= 0.3 is 0 Å². The number of carbonyl (C=O) groups is 1. The molecule has 1 spiro atoms. The molecular formula is C19H26FNO3. The van der Waals surface area contributed by atoms with Crippen LogP contribution in [0.3, 0.4) is 0 Å². The number of likely N-dealkylation sites (tertiary alicyclic amines) is 1. The Morgan fingerprint density at radius 3 is 2.83 bits per heavy atom. The monoisotopic (exact) mass is 335 g/mol. The number of hydrogen-bond donors (Lipinski definition) is 0. The quantitative estimate of drug-likeness (QED) is 0.849. The van der Waals surface area contributed by atoms with Gasteiger partial charge in [-0.1, -0.05) is 6.07 Å². The van der Waals surface area contributed by atoms with Crippen LogP contribution >= 0.6 is 0 Å². The third kappa shape index (κ3) is 3.78. The van der Waals surface area contributed by atoms with Crippen LogP contribution in [0.5, 0.6) is 0 Å². The number of rotatable bonds is 4. The molecule has 1 atom stereocenters. The summed E-state index contributed by atoms with van der Waals surface area (Å²) in [6, 6.07) is 4.63. The summed E-state index contributed by atoms with van der Waals surface area (Å²) >= 11 is 0. The SMILES string of the molecule is COCC1CC2(CCN(C(=O)Cc3ccc(F)cc3C)CC2)CO1. The van der Waals surface area contributed by atoms with Crippen LogP contribution in [0.25, 0.3) is 0 Å². The first-order valence-electron chi connectivity index (χ1n) is 8.65. The average Bonchev–Trinajstić information content (AvgIpc) is 2.94. The summed E-state index contributed by atoms with van der Waals surface area (Å²) in [6.07, 6.45) is 3.55. The summed E-state index contributed by atoms with van der Waals surface area (Å²) in [5.41, 5.74) is 1.96. The molecule has 2 aliphatic heterocycles. The molecule has 2 saturated heterocycles. The molecule has 24 heavy (non-hydrogen) atoms. The van der Waals surface area contributed by atoms with E-state index in [0.717, 1.165) is 50.1 Å². The minimum atomic E-state index is -0.254. The van der Waals surface area contributed by atoms with Crippen LogP contribution in [-0.4, -0.2) is 50.3 Å². The summed E-state index contributed by atoms with van der Waals surface area (Å²) in [5.74, 6) is -0.123. The molecule has 0 aromatic heterocycles. The minimum absolute atomic E-state index is 0.131. The second kappa shape index (κ2) is 7.19. The van der Waals surface area contributed by atoms with E-state index in [9.17, 15) is 9.18 Å². The fraction of sp³-hybridized carbons (Fsp3) is 0.632. The first-order valence-corrected chi connectivity index (χ1v) is 8.65. The summed E-state index contributed by atoms with van der Waals surface area (Å²) in [7, 11) is 1.70. The number of benzene rings is 1. The van der Waals surface area contributed by atoms with Crippen molar-refractivity contribution in [2.75, 3.05) is 33.4 Å². The Morgan fingerprint density at radius 1 is 1.42 bits per heavy atom. The van der Waals surface area contributed by atoms with Crippen molar-refractivity contribution in [2.24, 2.45) is 5.41 Å². The number of methoxy groups -OCH3 is 1. The number of halogens is 1. The van der Waals surface area contributed by atoms with Crippen molar-refractivity contribution in [2.45, 2.75) is 38.7 Å². The van der Waals surface area contributed by atoms with Gasteiger partial charge < -0.3 is 14.4 Å². The second-order valence-corrected chi connectivity index (χ2v) is 7.22. The first-order chi connectivity index (χ1) is 11.5. The van der Waals surface area contributed by atoms with Gasteiger partial charge in [0.25, 0.3) is 0 Å². The Morgan fingerprint density at radius 2 is 2.17 bits per heavy atom. The van der Waals surface area contributed by atoms with E-state index in [1.165, 1.54) is 12.1 Å². The normalized spacial score (nSPS) is 23.0. The Hall–Kier alpha value is -1.46. The molecule has 132 valence electrons. The predicted molar refractivity (Wildman–Crippen MR) is 89.3 cm³/mol.